The Morgan fingerprint density at radius 2 is 0.400 bits per heavy atom. The maximum Gasteiger partial charge on any atom is 0.0544 e. The summed E-state index contributed by atoms with van der Waals surface area (Å²) in [5.74, 6) is 0. The summed E-state index contributed by atoms with van der Waals surface area (Å²) in [7, 11) is 0. The van der Waals surface area contributed by atoms with Gasteiger partial charge in [0.2, 0.25) is 0 Å². The Labute approximate surface area is 751 Å². The van der Waals surface area contributed by atoms with Gasteiger partial charge in [-0.1, -0.05) is 325 Å². The number of benzene rings is 22. The van der Waals surface area contributed by atoms with E-state index in [1.807, 2.05) is 0 Å². The Morgan fingerprint density at radius 3 is 0.800 bits per heavy atom. The highest BCUT2D eigenvalue weighted by atomic mass is 15.0. The molecule has 0 N–H and O–H groups in total. The van der Waals surface area contributed by atoms with Crippen molar-refractivity contribution in [2.75, 3.05) is 0 Å². The number of hydrogen-bond donors (Lipinski definition) is 0. The van der Waals surface area contributed by atoms with Crippen LogP contribution in [0.25, 0.3) is 241 Å². The van der Waals surface area contributed by atoms with E-state index in [1.54, 1.807) is 0 Å². The third kappa shape index (κ3) is 10.9. The molecule has 0 bridgehead atoms. The lowest BCUT2D eigenvalue weighted by molar-refractivity contribution is 0.661. The predicted octanol–water partition coefficient (Wildman–Crippen LogP) is 34.0. The molecular weight excluding hydrogens is 1570 g/mol. The molecule has 130 heavy (non-hydrogen) atoms. The zero-order chi connectivity index (χ0) is 85.9. The fourth-order valence-electron chi connectivity index (χ4n) is 23.2. The second-order valence-electron chi connectivity index (χ2n) is 37.0. The zero-order valence-electron chi connectivity index (χ0n) is 72.4. The maximum atomic E-state index is 2.53. The summed E-state index contributed by atoms with van der Waals surface area (Å²) in [5, 5.41) is 25.4. The molecular formula is C126H84N4. The number of fused-ring (bicyclic) bond motifs is 30. The van der Waals surface area contributed by atoms with Crippen LogP contribution in [-0.2, 0) is 10.8 Å². The third-order valence-corrected chi connectivity index (χ3v) is 29.3. The molecule has 0 saturated carbocycles. The third-order valence-electron chi connectivity index (χ3n) is 29.3. The van der Waals surface area contributed by atoms with Crippen LogP contribution in [0.4, 0.5) is 0 Å². The SMILES string of the molecule is CC1(C)c2ccccc2-c2cc3c4cc(-c5ccc6c(c5)c5ccccc5n6-c5cccc(-c6cc(-c7ccccc7)cc(-c7ccccc7)c6)c5)ccc4n(-c4ccc5c6ccccc6c6ccccc6c5c4)c3cc21.CC1(C)c2ccccc2-c2cc3c4ccccc4n(-c4ccc5c6ccc(-n7c8ccccc8c8ccccc87)cc6c6ccccc6c5c4)c3cc21. The van der Waals surface area contributed by atoms with E-state index in [2.05, 4.69) is 483 Å². The Hall–Kier alpha value is -16.4. The van der Waals surface area contributed by atoms with Gasteiger partial charge in [0.25, 0.3) is 0 Å². The van der Waals surface area contributed by atoms with Gasteiger partial charge in [0, 0.05) is 76.7 Å². The van der Waals surface area contributed by atoms with Crippen LogP contribution in [0.1, 0.15) is 49.9 Å². The van der Waals surface area contributed by atoms with Crippen LogP contribution in [0.3, 0.4) is 0 Å². The van der Waals surface area contributed by atoms with E-state index >= 15 is 0 Å². The summed E-state index contributed by atoms with van der Waals surface area (Å²) >= 11 is 0. The Bertz CT molecular complexity index is 9200. The van der Waals surface area contributed by atoms with Crippen molar-refractivity contribution in [2.24, 2.45) is 0 Å². The van der Waals surface area contributed by atoms with Gasteiger partial charge in [-0.15, -0.1) is 0 Å². The average Bonchev–Trinajstić information content (AvgIpc) is 1.50. The van der Waals surface area contributed by atoms with E-state index < -0.39 is 0 Å². The number of aromatic nitrogens is 4. The van der Waals surface area contributed by atoms with Gasteiger partial charge in [-0.2, -0.15) is 0 Å². The Balaban J connectivity index is 0.000000143. The van der Waals surface area contributed by atoms with Crippen LogP contribution in [-0.4, -0.2) is 18.3 Å². The van der Waals surface area contributed by atoms with E-state index in [1.165, 1.54) is 252 Å². The number of rotatable bonds is 8. The lowest BCUT2D eigenvalue weighted by Crippen LogP contribution is -2.14. The van der Waals surface area contributed by atoms with Crippen molar-refractivity contribution in [3.8, 4) is 89.5 Å². The van der Waals surface area contributed by atoms with Crippen molar-refractivity contribution in [3.63, 3.8) is 0 Å². The second-order valence-corrected chi connectivity index (χ2v) is 37.0. The molecule has 0 radical (unpaired) electrons. The predicted molar refractivity (Wildman–Crippen MR) is 552 cm³/mol. The zero-order valence-corrected chi connectivity index (χ0v) is 72.4. The quantitative estimate of drug-likeness (QED) is 0.135. The molecule has 0 fully saturated rings. The lowest BCUT2D eigenvalue weighted by atomic mass is 9.82. The van der Waals surface area contributed by atoms with Gasteiger partial charge >= 0.3 is 0 Å². The summed E-state index contributed by atoms with van der Waals surface area (Å²) in [6, 6.07) is 163. The molecule has 0 aliphatic heterocycles. The first-order valence-corrected chi connectivity index (χ1v) is 45.5. The van der Waals surface area contributed by atoms with Crippen LogP contribution in [0.5, 0.6) is 0 Å². The minimum Gasteiger partial charge on any atom is -0.309 e. The Morgan fingerprint density at radius 1 is 0.131 bits per heavy atom. The summed E-state index contributed by atoms with van der Waals surface area (Å²) in [5.41, 5.74) is 34.7. The molecule has 4 nitrogen and oxygen atoms in total. The van der Waals surface area contributed by atoms with Crippen LogP contribution < -0.4 is 0 Å². The van der Waals surface area contributed by atoms with Crippen LogP contribution in [0.15, 0.2) is 437 Å². The molecule has 0 amide bonds. The van der Waals surface area contributed by atoms with Crippen molar-refractivity contribution >= 4 is 152 Å². The summed E-state index contributed by atoms with van der Waals surface area (Å²) in [6.07, 6.45) is 0. The van der Waals surface area contributed by atoms with Gasteiger partial charge in [0.15, 0.2) is 0 Å². The highest BCUT2D eigenvalue weighted by Crippen LogP contribution is 2.55. The molecule has 2 aliphatic carbocycles. The molecule has 2 aliphatic rings. The molecule has 0 saturated heterocycles. The van der Waals surface area contributed by atoms with Gasteiger partial charge < -0.3 is 18.3 Å². The smallest absolute Gasteiger partial charge is 0.0544 e. The topological polar surface area (TPSA) is 19.7 Å². The molecule has 608 valence electrons. The maximum absolute atomic E-state index is 2.53. The van der Waals surface area contributed by atoms with E-state index in [9.17, 15) is 0 Å². The number of hydrogen-bond acceptors (Lipinski definition) is 0. The van der Waals surface area contributed by atoms with E-state index in [0.717, 1.165) is 11.4 Å². The number of nitrogens with zero attached hydrogens (tertiary/aromatic N) is 4. The standard InChI is InChI=1S/C75H50N2.C51H34N2/c1-75(2)69-30-15-13-28-62(69)65-45-68-67-43-51(33-37-73(67)77(74(68)46-70(65)75)56-34-35-61-59-26-10-9-24-57(59)58-25-11-12-27-60(58)64(61)44-56)50-32-36-72-66(42-50)63-29-14-16-31-71(63)76(72)55-23-17-22-49(41-55)54-39-52(47-18-5-3-6-19-47)38-53(40-54)48-20-7-4-8-21-48;1-51(2)45-19-9-5-15-37(45)43-29-44-40-18-8-12-22-49(40)53(50(44)30-46(43)51)32-24-26-36-35-25-23-31(27-41(35)33-13-3-4-14-34(33)42(36)28-32)52-47-20-10-6-16-38(47)39-17-7-11-21-48(39)52/h3-46H,1-2H3;3-30H,1-2H3. The van der Waals surface area contributed by atoms with Crippen molar-refractivity contribution in [3.05, 3.63) is 459 Å². The van der Waals surface area contributed by atoms with Gasteiger partial charge in [-0.3, -0.25) is 0 Å². The normalized spacial score (nSPS) is 13.2. The van der Waals surface area contributed by atoms with Gasteiger partial charge in [-0.05, 0) is 293 Å². The van der Waals surface area contributed by atoms with Gasteiger partial charge in [0.1, 0.15) is 0 Å². The average molecular weight is 1650 g/mol. The first kappa shape index (κ1) is 73.9. The first-order chi connectivity index (χ1) is 64.0. The monoisotopic (exact) mass is 1650 g/mol. The minimum absolute atomic E-state index is 0.0714. The van der Waals surface area contributed by atoms with E-state index in [-0.39, 0.29) is 10.8 Å². The molecule has 0 unspecified atom stereocenters. The summed E-state index contributed by atoms with van der Waals surface area (Å²) in [6.45, 7) is 9.52. The van der Waals surface area contributed by atoms with Crippen LogP contribution in [0.2, 0.25) is 0 Å². The molecule has 4 aromatic heterocycles. The van der Waals surface area contributed by atoms with E-state index in [0.29, 0.717) is 0 Å². The Kier molecular flexibility index (Phi) is 15.9. The fraction of sp³-hybridized carbons (Fsp3) is 0.0476. The number of para-hydroxylation sites is 4. The van der Waals surface area contributed by atoms with Gasteiger partial charge in [0.05, 0.1) is 44.1 Å². The van der Waals surface area contributed by atoms with Crippen molar-refractivity contribution < 1.29 is 0 Å². The minimum atomic E-state index is -0.139. The largest absolute Gasteiger partial charge is 0.309 e. The van der Waals surface area contributed by atoms with E-state index in [4.69, 9.17) is 0 Å². The molecule has 26 aromatic rings. The molecule has 22 aromatic carbocycles. The molecule has 28 rings (SSSR count). The molecule has 0 spiro atoms. The summed E-state index contributed by atoms with van der Waals surface area (Å²) < 4.78 is 9.89. The summed E-state index contributed by atoms with van der Waals surface area (Å²) in [4.78, 5) is 0. The molecule has 4 heteroatoms. The van der Waals surface area contributed by atoms with Crippen LogP contribution >= 0.6 is 0 Å². The fourth-order valence-corrected chi connectivity index (χ4v) is 23.2. The van der Waals surface area contributed by atoms with Crippen molar-refractivity contribution in [1.82, 2.24) is 18.3 Å². The van der Waals surface area contributed by atoms with Gasteiger partial charge in [-0.25, -0.2) is 0 Å². The highest BCUT2D eigenvalue weighted by Gasteiger charge is 2.38. The molecule has 4 heterocycles. The van der Waals surface area contributed by atoms with Crippen molar-refractivity contribution in [2.45, 2.75) is 38.5 Å². The first-order valence-electron chi connectivity index (χ1n) is 45.5. The second kappa shape index (κ2) is 28.0. The molecule has 0 atom stereocenters. The highest BCUT2D eigenvalue weighted by molar-refractivity contribution is 6.28. The van der Waals surface area contributed by atoms with Crippen LogP contribution in [0, 0.1) is 0 Å². The lowest BCUT2D eigenvalue weighted by Gasteiger charge is -2.21. The van der Waals surface area contributed by atoms with Crippen molar-refractivity contribution in [1.29, 1.82) is 0 Å².